The van der Waals surface area contributed by atoms with Crippen LogP contribution in [0.2, 0.25) is 0 Å². The maximum atomic E-state index is 13.9. The minimum atomic E-state index is -0.653. The Morgan fingerprint density at radius 3 is 2.53 bits per heavy atom. The second-order valence-electron chi connectivity index (χ2n) is 4.75. The molecule has 96 valence electrons. The first-order valence-electron chi connectivity index (χ1n) is 6.15. The molecule has 1 rings (SSSR count). The number of nitrogens with zero attached hydrogens (tertiary/aromatic N) is 1. The summed E-state index contributed by atoms with van der Waals surface area (Å²) in [4.78, 5) is 1.89. The van der Waals surface area contributed by atoms with Gasteiger partial charge in [0.25, 0.3) is 0 Å². The number of hydrogen-bond acceptors (Lipinski definition) is 2. The Morgan fingerprint density at radius 2 is 2.00 bits per heavy atom. The zero-order valence-corrected chi connectivity index (χ0v) is 11.1. The molecule has 0 aromatic heterocycles. The lowest BCUT2D eigenvalue weighted by Crippen LogP contribution is -2.26. The van der Waals surface area contributed by atoms with Gasteiger partial charge in [0.2, 0.25) is 0 Å². The van der Waals surface area contributed by atoms with E-state index < -0.39 is 6.10 Å². The highest BCUT2D eigenvalue weighted by molar-refractivity contribution is 5.55. The van der Waals surface area contributed by atoms with Crippen LogP contribution in [0.1, 0.15) is 38.9 Å². The Balaban J connectivity index is 3.02. The quantitative estimate of drug-likeness (QED) is 0.851. The monoisotopic (exact) mass is 239 g/mol. The summed E-state index contributed by atoms with van der Waals surface area (Å²) in [5.41, 5.74) is 1.17. The molecule has 0 heterocycles. The molecule has 0 bridgehead atoms. The Kier molecular flexibility index (Phi) is 4.94. The molecule has 1 N–H and O–H groups in total. The summed E-state index contributed by atoms with van der Waals surface area (Å²) >= 11 is 0. The van der Waals surface area contributed by atoms with Crippen LogP contribution in [0.3, 0.4) is 0 Å². The standard InChI is InChI=1S/C14H22FNO/c1-5-10(2)9-16(4)14-12(11(3)17)7-6-8-13(14)15/h6-8,10-11,17H,5,9H2,1-4H3/t10?,11-/m1/s1. The van der Waals surface area contributed by atoms with Gasteiger partial charge in [0.05, 0.1) is 11.8 Å². The van der Waals surface area contributed by atoms with Crippen LogP contribution in [0.15, 0.2) is 18.2 Å². The second-order valence-corrected chi connectivity index (χ2v) is 4.75. The highest BCUT2D eigenvalue weighted by Gasteiger charge is 2.17. The zero-order chi connectivity index (χ0) is 13.0. The molecule has 0 saturated carbocycles. The van der Waals surface area contributed by atoms with Gasteiger partial charge in [-0.15, -0.1) is 0 Å². The van der Waals surface area contributed by atoms with Crippen molar-refractivity contribution in [3.8, 4) is 0 Å². The molecular formula is C14H22FNO. The van der Waals surface area contributed by atoms with E-state index in [1.165, 1.54) is 6.07 Å². The van der Waals surface area contributed by atoms with Crippen molar-refractivity contribution in [1.29, 1.82) is 0 Å². The Labute approximate surface area is 103 Å². The molecule has 1 aromatic rings. The van der Waals surface area contributed by atoms with Crippen molar-refractivity contribution in [2.24, 2.45) is 5.92 Å². The van der Waals surface area contributed by atoms with Gasteiger partial charge >= 0.3 is 0 Å². The molecule has 0 aliphatic rings. The lowest BCUT2D eigenvalue weighted by atomic mass is 10.0. The summed E-state index contributed by atoms with van der Waals surface area (Å²) in [5.74, 6) is 0.232. The van der Waals surface area contributed by atoms with Crippen LogP contribution in [0.5, 0.6) is 0 Å². The average Bonchev–Trinajstić information content (AvgIpc) is 2.28. The normalized spacial score (nSPS) is 14.5. The third-order valence-electron chi connectivity index (χ3n) is 3.13. The van der Waals surface area contributed by atoms with E-state index in [1.54, 1.807) is 19.1 Å². The largest absolute Gasteiger partial charge is 0.389 e. The first-order chi connectivity index (χ1) is 7.97. The first kappa shape index (κ1) is 14.0. The number of anilines is 1. The SMILES string of the molecule is CCC(C)CN(C)c1c(F)cccc1[C@@H](C)O. The molecule has 0 spiro atoms. The number of halogens is 1. The first-order valence-corrected chi connectivity index (χ1v) is 6.15. The van der Waals surface area contributed by atoms with Gasteiger partial charge in [0, 0.05) is 19.2 Å². The van der Waals surface area contributed by atoms with Crippen molar-refractivity contribution >= 4 is 5.69 Å². The van der Waals surface area contributed by atoms with Crippen molar-refractivity contribution in [2.45, 2.75) is 33.3 Å². The van der Waals surface area contributed by atoms with Crippen molar-refractivity contribution in [3.05, 3.63) is 29.6 Å². The molecular weight excluding hydrogens is 217 g/mol. The van der Waals surface area contributed by atoms with E-state index >= 15 is 0 Å². The van der Waals surface area contributed by atoms with Crippen LogP contribution in [-0.2, 0) is 0 Å². The Morgan fingerprint density at radius 1 is 1.35 bits per heavy atom. The Hall–Kier alpha value is -1.09. The number of aliphatic hydroxyl groups excluding tert-OH is 1. The molecule has 0 aliphatic heterocycles. The molecule has 0 fully saturated rings. The summed E-state index contributed by atoms with van der Waals surface area (Å²) in [6.07, 6.45) is 0.406. The molecule has 0 saturated heterocycles. The van der Waals surface area contributed by atoms with Gasteiger partial charge in [-0.25, -0.2) is 4.39 Å². The molecule has 0 radical (unpaired) electrons. The van der Waals surface area contributed by atoms with E-state index in [1.807, 2.05) is 11.9 Å². The van der Waals surface area contributed by atoms with E-state index in [9.17, 15) is 9.50 Å². The van der Waals surface area contributed by atoms with Gasteiger partial charge < -0.3 is 10.0 Å². The van der Waals surface area contributed by atoms with E-state index in [-0.39, 0.29) is 5.82 Å². The molecule has 2 atom stereocenters. The molecule has 1 unspecified atom stereocenters. The van der Waals surface area contributed by atoms with Crippen molar-refractivity contribution in [2.75, 3.05) is 18.5 Å². The fourth-order valence-corrected chi connectivity index (χ4v) is 1.96. The summed E-state index contributed by atoms with van der Waals surface area (Å²) < 4.78 is 13.9. The minimum absolute atomic E-state index is 0.269. The summed E-state index contributed by atoms with van der Waals surface area (Å²) in [5, 5.41) is 9.68. The van der Waals surface area contributed by atoms with Crippen LogP contribution in [0.25, 0.3) is 0 Å². The topological polar surface area (TPSA) is 23.5 Å². The summed E-state index contributed by atoms with van der Waals surface area (Å²) in [6, 6.07) is 4.85. The van der Waals surface area contributed by atoms with Crippen molar-refractivity contribution < 1.29 is 9.50 Å². The smallest absolute Gasteiger partial charge is 0.146 e. The number of rotatable bonds is 5. The van der Waals surface area contributed by atoms with Crippen molar-refractivity contribution in [1.82, 2.24) is 0 Å². The van der Waals surface area contributed by atoms with Gasteiger partial charge in [-0.3, -0.25) is 0 Å². The van der Waals surface area contributed by atoms with Crippen LogP contribution in [0, 0.1) is 11.7 Å². The Bertz CT molecular complexity index is 365. The number of para-hydroxylation sites is 1. The summed E-state index contributed by atoms with van der Waals surface area (Å²) in [7, 11) is 1.87. The molecule has 0 amide bonds. The second kappa shape index (κ2) is 6.01. The lowest BCUT2D eigenvalue weighted by Gasteiger charge is -2.26. The van der Waals surface area contributed by atoms with Gasteiger partial charge in [-0.05, 0) is 18.9 Å². The van der Waals surface area contributed by atoms with Gasteiger partial charge in [-0.1, -0.05) is 32.4 Å². The third-order valence-corrected chi connectivity index (χ3v) is 3.13. The predicted octanol–water partition coefficient (Wildman–Crippen LogP) is 3.36. The highest BCUT2D eigenvalue weighted by Crippen LogP contribution is 2.29. The number of aliphatic hydroxyl groups is 1. The number of hydrogen-bond donors (Lipinski definition) is 1. The maximum absolute atomic E-state index is 13.9. The highest BCUT2D eigenvalue weighted by atomic mass is 19.1. The fourth-order valence-electron chi connectivity index (χ4n) is 1.96. The van der Waals surface area contributed by atoms with Crippen molar-refractivity contribution in [3.63, 3.8) is 0 Å². The zero-order valence-electron chi connectivity index (χ0n) is 11.1. The minimum Gasteiger partial charge on any atom is -0.389 e. The van der Waals surface area contributed by atoms with E-state index in [0.717, 1.165) is 13.0 Å². The molecule has 1 aromatic carbocycles. The average molecular weight is 239 g/mol. The molecule has 3 heteroatoms. The van der Waals surface area contributed by atoms with Crippen LogP contribution in [-0.4, -0.2) is 18.7 Å². The molecule has 17 heavy (non-hydrogen) atoms. The van der Waals surface area contributed by atoms with Crippen LogP contribution >= 0.6 is 0 Å². The van der Waals surface area contributed by atoms with E-state index in [4.69, 9.17) is 0 Å². The third kappa shape index (κ3) is 3.43. The van der Waals surface area contributed by atoms with Gasteiger partial charge in [0.15, 0.2) is 0 Å². The van der Waals surface area contributed by atoms with Crippen LogP contribution in [0.4, 0.5) is 10.1 Å². The molecule has 0 aliphatic carbocycles. The van der Waals surface area contributed by atoms with Gasteiger partial charge in [-0.2, -0.15) is 0 Å². The predicted molar refractivity (Wildman–Crippen MR) is 69.8 cm³/mol. The van der Waals surface area contributed by atoms with E-state index in [0.29, 0.717) is 17.2 Å². The fraction of sp³-hybridized carbons (Fsp3) is 0.571. The maximum Gasteiger partial charge on any atom is 0.146 e. The molecule has 2 nitrogen and oxygen atoms in total. The summed E-state index contributed by atoms with van der Waals surface area (Å²) in [6.45, 7) is 6.71. The van der Waals surface area contributed by atoms with Crippen LogP contribution < -0.4 is 4.90 Å². The van der Waals surface area contributed by atoms with E-state index in [2.05, 4.69) is 13.8 Å². The number of benzene rings is 1. The van der Waals surface area contributed by atoms with Gasteiger partial charge in [0.1, 0.15) is 5.82 Å². The lowest BCUT2D eigenvalue weighted by molar-refractivity contribution is 0.199.